The SMILES string of the molecule is Fc1c(CCCN2CCOCC2)ccc(C(F)(F)F)c1F. The van der Waals surface area contributed by atoms with Gasteiger partial charge in [-0.2, -0.15) is 13.2 Å². The van der Waals surface area contributed by atoms with Gasteiger partial charge in [0.2, 0.25) is 0 Å². The van der Waals surface area contributed by atoms with Crippen molar-refractivity contribution in [1.82, 2.24) is 4.90 Å². The van der Waals surface area contributed by atoms with Crippen molar-refractivity contribution in [3.8, 4) is 0 Å². The Kier molecular flexibility index (Phi) is 5.16. The highest BCUT2D eigenvalue weighted by Crippen LogP contribution is 2.33. The summed E-state index contributed by atoms with van der Waals surface area (Å²) in [5.41, 5.74) is -1.58. The molecule has 7 heteroatoms. The number of alkyl halides is 3. The van der Waals surface area contributed by atoms with Gasteiger partial charge in [0.25, 0.3) is 0 Å². The molecule has 1 aromatic rings. The van der Waals surface area contributed by atoms with Gasteiger partial charge in [0.1, 0.15) is 0 Å². The minimum absolute atomic E-state index is 0.0197. The minimum Gasteiger partial charge on any atom is -0.379 e. The monoisotopic (exact) mass is 309 g/mol. The van der Waals surface area contributed by atoms with E-state index >= 15 is 0 Å². The highest BCUT2D eigenvalue weighted by Gasteiger charge is 2.35. The molecule has 0 saturated carbocycles. The number of nitrogens with zero attached hydrogens (tertiary/aromatic N) is 1. The zero-order chi connectivity index (χ0) is 15.5. The average Bonchev–Trinajstić information content (AvgIpc) is 2.43. The third-order valence-corrected chi connectivity index (χ3v) is 3.49. The maximum atomic E-state index is 13.6. The van der Waals surface area contributed by atoms with E-state index in [1.807, 2.05) is 0 Å². The number of rotatable bonds is 4. The maximum absolute atomic E-state index is 13.6. The van der Waals surface area contributed by atoms with E-state index in [0.717, 1.165) is 19.2 Å². The lowest BCUT2D eigenvalue weighted by Gasteiger charge is -2.26. The van der Waals surface area contributed by atoms with Crippen LogP contribution in [0.25, 0.3) is 0 Å². The molecule has 1 saturated heterocycles. The van der Waals surface area contributed by atoms with Crippen LogP contribution in [-0.2, 0) is 17.3 Å². The van der Waals surface area contributed by atoms with Crippen LogP contribution in [0.1, 0.15) is 17.5 Å². The molecule has 1 aliphatic rings. The van der Waals surface area contributed by atoms with E-state index in [2.05, 4.69) is 4.90 Å². The van der Waals surface area contributed by atoms with Crippen molar-refractivity contribution in [3.63, 3.8) is 0 Å². The van der Waals surface area contributed by atoms with Crippen molar-refractivity contribution in [2.24, 2.45) is 0 Å². The van der Waals surface area contributed by atoms with E-state index in [1.54, 1.807) is 0 Å². The second kappa shape index (κ2) is 6.70. The summed E-state index contributed by atoms with van der Waals surface area (Å²) >= 11 is 0. The van der Waals surface area contributed by atoms with E-state index in [1.165, 1.54) is 0 Å². The van der Waals surface area contributed by atoms with Gasteiger partial charge in [-0.3, -0.25) is 4.90 Å². The first-order chi connectivity index (χ1) is 9.89. The smallest absolute Gasteiger partial charge is 0.379 e. The zero-order valence-corrected chi connectivity index (χ0v) is 11.3. The Labute approximate surface area is 119 Å². The summed E-state index contributed by atoms with van der Waals surface area (Å²) in [5.74, 6) is -3.21. The molecule has 0 atom stereocenters. The van der Waals surface area contributed by atoms with Gasteiger partial charge in [0.05, 0.1) is 18.8 Å². The molecule has 0 bridgehead atoms. The van der Waals surface area contributed by atoms with Crippen molar-refractivity contribution in [2.75, 3.05) is 32.8 Å². The lowest BCUT2D eigenvalue weighted by atomic mass is 10.0. The van der Waals surface area contributed by atoms with Gasteiger partial charge < -0.3 is 4.74 Å². The number of ether oxygens (including phenoxy) is 1. The Morgan fingerprint density at radius 2 is 1.71 bits per heavy atom. The molecule has 2 rings (SSSR count). The Hall–Kier alpha value is -1.21. The molecule has 1 fully saturated rings. The quantitative estimate of drug-likeness (QED) is 0.792. The average molecular weight is 309 g/mol. The molecule has 1 aliphatic heterocycles. The lowest BCUT2D eigenvalue weighted by molar-refractivity contribution is -0.140. The Bertz CT molecular complexity index is 483. The normalized spacial score (nSPS) is 17.2. The summed E-state index contributed by atoms with van der Waals surface area (Å²) < 4.78 is 69.5. The molecule has 0 spiro atoms. The number of hydrogen-bond acceptors (Lipinski definition) is 2. The van der Waals surface area contributed by atoms with E-state index in [-0.39, 0.29) is 12.0 Å². The third-order valence-electron chi connectivity index (χ3n) is 3.49. The summed E-state index contributed by atoms with van der Waals surface area (Å²) in [4.78, 5) is 2.13. The van der Waals surface area contributed by atoms with Crippen LogP contribution >= 0.6 is 0 Å². The second-order valence-electron chi connectivity index (χ2n) is 4.96. The van der Waals surface area contributed by atoms with E-state index < -0.39 is 23.4 Å². The predicted molar refractivity (Wildman–Crippen MR) is 66.9 cm³/mol. The van der Waals surface area contributed by atoms with E-state index in [0.29, 0.717) is 32.2 Å². The van der Waals surface area contributed by atoms with Gasteiger partial charge in [0, 0.05) is 13.1 Å². The highest BCUT2D eigenvalue weighted by atomic mass is 19.4. The molecule has 0 unspecified atom stereocenters. The molecule has 1 heterocycles. The number of hydrogen-bond donors (Lipinski definition) is 0. The third kappa shape index (κ3) is 4.14. The molecule has 2 nitrogen and oxygen atoms in total. The van der Waals surface area contributed by atoms with E-state index in [4.69, 9.17) is 4.74 Å². The van der Waals surface area contributed by atoms with Gasteiger partial charge >= 0.3 is 6.18 Å². The maximum Gasteiger partial charge on any atom is 0.419 e. The summed E-state index contributed by atoms with van der Waals surface area (Å²) in [5, 5.41) is 0. The van der Waals surface area contributed by atoms with Crippen LogP contribution in [0, 0.1) is 11.6 Å². The van der Waals surface area contributed by atoms with Gasteiger partial charge in [0.15, 0.2) is 11.6 Å². The standard InChI is InChI=1S/C14H16F5NO/c15-12-10(2-1-5-20-6-8-21-9-7-20)3-4-11(13(12)16)14(17,18)19/h3-4H,1-2,5-9H2. The van der Waals surface area contributed by atoms with Gasteiger partial charge in [-0.15, -0.1) is 0 Å². The van der Waals surface area contributed by atoms with Crippen LogP contribution in [0.4, 0.5) is 22.0 Å². The number of benzene rings is 1. The number of halogens is 5. The summed E-state index contributed by atoms with van der Waals surface area (Å²) in [6, 6.07) is 1.61. The lowest BCUT2D eigenvalue weighted by Crippen LogP contribution is -2.37. The molecule has 0 amide bonds. The second-order valence-corrected chi connectivity index (χ2v) is 4.96. The fourth-order valence-corrected chi connectivity index (χ4v) is 2.32. The van der Waals surface area contributed by atoms with Crippen LogP contribution in [0.3, 0.4) is 0 Å². The van der Waals surface area contributed by atoms with Crippen LogP contribution < -0.4 is 0 Å². The summed E-state index contributed by atoms with van der Waals surface area (Å²) in [7, 11) is 0. The fraction of sp³-hybridized carbons (Fsp3) is 0.571. The fourth-order valence-electron chi connectivity index (χ4n) is 2.32. The van der Waals surface area contributed by atoms with Crippen molar-refractivity contribution < 1.29 is 26.7 Å². The summed E-state index contributed by atoms with van der Waals surface area (Å²) in [6.45, 7) is 3.53. The summed E-state index contributed by atoms with van der Waals surface area (Å²) in [6.07, 6.45) is -4.11. The zero-order valence-electron chi connectivity index (χ0n) is 11.3. The molecule has 21 heavy (non-hydrogen) atoms. The first-order valence-electron chi connectivity index (χ1n) is 6.74. The topological polar surface area (TPSA) is 12.5 Å². The molecular weight excluding hydrogens is 293 g/mol. The molecule has 0 radical (unpaired) electrons. The van der Waals surface area contributed by atoms with Crippen LogP contribution in [0.2, 0.25) is 0 Å². The highest BCUT2D eigenvalue weighted by molar-refractivity contribution is 5.28. The molecule has 0 aromatic heterocycles. The van der Waals surface area contributed by atoms with Crippen LogP contribution in [0.5, 0.6) is 0 Å². The van der Waals surface area contributed by atoms with Crippen molar-refractivity contribution in [3.05, 3.63) is 34.9 Å². The Morgan fingerprint density at radius 3 is 2.33 bits per heavy atom. The van der Waals surface area contributed by atoms with Crippen molar-refractivity contribution in [2.45, 2.75) is 19.0 Å². The molecule has 0 aliphatic carbocycles. The van der Waals surface area contributed by atoms with Crippen molar-refractivity contribution in [1.29, 1.82) is 0 Å². The predicted octanol–water partition coefficient (Wildman–Crippen LogP) is 3.25. The Morgan fingerprint density at radius 1 is 1.05 bits per heavy atom. The van der Waals surface area contributed by atoms with Crippen molar-refractivity contribution >= 4 is 0 Å². The molecular formula is C14H16F5NO. The van der Waals surface area contributed by atoms with Gasteiger partial charge in [-0.05, 0) is 31.0 Å². The molecule has 0 N–H and O–H groups in total. The number of aryl methyl sites for hydroxylation is 1. The molecule has 1 aromatic carbocycles. The van der Waals surface area contributed by atoms with Crippen LogP contribution in [-0.4, -0.2) is 37.7 Å². The first-order valence-corrected chi connectivity index (χ1v) is 6.74. The van der Waals surface area contributed by atoms with Crippen LogP contribution in [0.15, 0.2) is 12.1 Å². The van der Waals surface area contributed by atoms with Gasteiger partial charge in [-0.1, -0.05) is 6.07 Å². The van der Waals surface area contributed by atoms with Gasteiger partial charge in [-0.25, -0.2) is 8.78 Å². The Balaban J connectivity index is 1.96. The largest absolute Gasteiger partial charge is 0.419 e. The number of morpholine rings is 1. The molecule has 118 valence electrons. The minimum atomic E-state index is -4.88. The van der Waals surface area contributed by atoms with E-state index in [9.17, 15) is 22.0 Å². The first kappa shape index (κ1) is 16.2.